The summed E-state index contributed by atoms with van der Waals surface area (Å²) >= 11 is 1.65. The number of rotatable bonds is 10. The molecule has 0 aliphatic carbocycles. The quantitative estimate of drug-likeness (QED) is 0.118. The van der Waals surface area contributed by atoms with E-state index in [1.165, 1.54) is 10.4 Å². The maximum absolute atomic E-state index is 14.7. The third-order valence-corrected chi connectivity index (χ3v) is 14.6. The van der Waals surface area contributed by atoms with Crippen molar-refractivity contribution in [1.29, 1.82) is 0 Å². The molecule has 2 aromatic rings. The van der Waals surface area contributed by atoms with E-state index in [4.69, 9.17) is 23.9 Å². The van der Waals surface area contributed by atoms with Gasteiger partial charge in [0, 0.05) is 53.4 Å². The van der Waals surface area contributed by atoms with Gasteiger partial charge in [-0.25, -0.2) is 4.79 Å². The molecule has 0 spiro atoms. The maximum Gasteiger partial charge on any atom is 0.410 e. The zero-order valence-electron chi connectivity index (χ0n) is 37.8. The summed E-state index contributed by atoms with van der Waals surface area (Å²) in [4.78, 5) is 53.3. The number of amides is 1. The highest BCUT2D eigenvalue weighted by atomic mass is 32.1. The van der Waals surface area contributed by atoms with Crippen LogP contribution >= 0.6 is 11.3 Å². The van der Waals surface area contributed by atoms with Crippen LogP contribution in [0.15, 0.2) is 47.5 Å². The Morgan fingerprint density at radius 1 is 1.05 bits per heavy atom. The SMILES string of the molecule is CC[C@H]1OC(=O)[C@H](C)C(=O)[C@H](C)[C@@H](OC2O[C@H](C)C[C@H](N(C)C)[C@H]2O)[C@@](C)(CC#Cc2ccc(CNCCc3ccccc3)s2)C[C@@H](C)C2=NCCN3C(=O)O[C@@]1(C)[C@H]3[C@H]2C. The predicted molar refractivity (Wildman–Crippen MR) is 237 cm³/mol. The van der Waals surface area contributed by atoms with Crippen molar-refractivity contribution in [2.75, 3.05) is 33.7 Å². The number of carbonyl (C=O) groups excluding carboxylic acids is 3. The number of nitrogens with zero attached hydrogens (tertiary/aromatic N) is 3. The first-order valence-electron chi connectivity index (χ1n) is 22.2. The van der Waals surface area contributed by atoms with E-state index in [1.54, 1.807) is 30.1 Å². The molecule has 5 heterocycles. The summed E-state index contributed by atoms with van der Waals surface area (Å²) in [5.74, 6) is 3.53. The van der Waals surface area contributed by atoms with E-state index in [9.17, 15) is 19.5 Å². The van der Waals surface area contributed by atoms with Crippen molar-refractivity contribution in [2.45, 2.75) is 142 Å². The second kappa shape index (κ2) is 19.8. The summed E-state index contributed by atoms with van der Waals surface area (Å²) in [6.07, 6.45) is -1.54. The summed E-state index contributed by atoms with van der Waals surface area (Å²) in [5.41, 5.74) is 0.234. The van der Waals surface area contributed by atoms with Gasteiger partial charge in [-0.3, -0.25) is 19.5 Å². The number of Topliss-reactive ketones (excluding diaryl/α,β-unsaturated/α-hetero) is 1. The first kappa shape index (κ1) is 46.9. The van der Waals surface area contributed by atoms with Crippen LogP contribution in [0.3, 0.4) is 0 Å². The average Bonchev–Trinajstić information content (AvgIpc) is 3.72. The molecule has 1 aromatic carbocycles. The summed E-state index contributed by atoms with van der Waals surface area (Å²) in [6.45, 7) is 17.8. The molecule has 334 valence electrons. The van der Waals surface area contributed by atoms with Crippen LogP contribution in [0.1, 0.15) is 96.4 Å². The lowest BCUT2D eigenvalue weighted by atomic mass is 9.66. The zero-order chi connectivity index (χ0) is 44.2. The Bertz CT molecular complexity index is 1940. The van der Waals surface area contributed by atoms with Gasteiger partial charge in [-0.1, -0.05) is 76.8 Å². The minimum atomic E-state index is -1.17. The van der Waals surface area contributed by atoms with Crippen molar-refractivity contribution in [2.24, 2.45) is 34.1 Å². The molecule has 3 fully saturated rings. The van der Waals surface area contributed by atoms with Crippen molar-refractivity contribution in [3.8, 4) is 11.8 Å². The van der Waals surface area contributed by atoms with Crippen LogP contribution in [0.2, 0.25) is 0 Å². The van der Waals surface area contributed by atoms with Crippen LogP contribution < -0.4 is 5.32 Å². The molecular weight excluding hydrogens is 793 g/mol. The molecule has 61 heavy (non-hydrogen) atoms. The molecule has 6 rings (SSSR count). The Kier molecular flexibility index (Phi) is 15.2. The third-order valence-electron chi connectivity index (χ3n) is 13.6. The first-order valence-corrected chi connectivity index (χ1v) is 23.0. The van der Waals surface area contributed by atoms with E-state index in [0.29, 0.717) is 38.8 Å². The number of hydrogen-bond acceptors (Lipinski definition) is 12. The molecule has 0 radical (unpaired) electrons. The fourth-order valence-electron chi connectivity index (χ4n) is 10.4. The van der Waals surface area contributed by atoms with Gasteiger partial charge in [0.15, 0.2) is 17.7 Å². The van der Waals surface area contributed by atoms with Crippen molar-refractivity contribution in [3.05, 3.63) is 57.8 Å². The summed E-state index contributed by atoms with van der Waals surface area (Å²) in [6, 6.07) is 13.9. The largest absolute Gasteiger partial charge is 0.458 e. The summed E-state index contributed by atoms with van der Waals surface area (Å²) in [5, 5.41) is 15.3. The summed E-state index contributed by atoms with van der Waals surface area (Å²) in [7, 11) is 3.85. The highest BCUT2D eigenvalue weighted by molar-refractivity contribution is 7.12. The number of esters is 1. The molecular formula is C48H68N4O8S. The molecule has 4 aliphatic heterocycles. The van der Waals surface area contributed by atoms with Gasteiger partial charge >= 0.3 is 12.1 Å². The van der Waals surface area contributed by atoms with Crippen LogP contribution in [0.25, 0.3) is 0 Å². The lowest BCUT2D eigenvalue weighted by Gasteiger charge is -2.47. The summed E-state index contributed by atoms with van der Waals surface area (Å²) < 4.78 is 25.7. The fourth-order valence-corrected chi connectivity index (χ4v) is 11.3. The van der Waals surface area contributed by atoms with Gasteiger partial charge < -0.3 is 34.3 Å². The van der Waals surface area contributed by atoms with Gasteiger partial charge in [0.05, 0.1) is 29.7 Å². The molecule has 2 bridgehead atoms. The highest BCUT2D eigenvalue weighted by Gasteiger charge is 2.60. The fraction of sp³-hybridized carbons (Fsp3) is 0.667. The monoisotopic (exact) mass is 860 g/mol. The number of carbonyl (C=O) groups is 3. The van der Waals surface area contributed by atoms with Crippen molar-refractivity contribution >= 4 is 34.9 Å². The number of aliphatic hydroxyl groups is 1. The number of aliphatic imine (C=N–C) groups is 1. The molecule has 2 N–H and O–H groups in total. The van der Waals surface area contributed by atoms with E-state index >= 15 is 0 Å². The average molecular weight is 861 g/mol. The van der Waals surface area contributed by atoms with E-state index in [1.807, 2.05) is 51.9 Å². The molecule has 1 amide bonds. The number of hydrogen-bond donors (Lipinski definition) is 2. The molecule has 13 atom stereocenters. The highest BCUT2D eigenvalue weighted by Crippen LogP contribution is 2.46. The second-order valence-corrected chi connectivity index (χ2v) is 19.7. The minimum absolute atomic E-state index is 0.140. The van der Waals surface area contributed by atoms with Gasteiger partial charge in [0.2, 0.25) is 0 Å². The van der Waals surface area contributed by atoms with E-state index in [-0.39, 0.29) is 29.8 Å². The smallest absolute Gasteiger partial charge is 0.410 e. The predicted octanol–water partition coefficient (Wildman–Crippen LogP) is 6.51. The Balaban J connectivity index is 1.36. The topological polar surface area (TPSA) is 139 Å². The first-order chi connectivity index (χ1) is 29.0. The number of fused-ring (bicyclic) bond motifs is 1. The second-order valence-electron chi connectivity index (χ2n) is 18.6. The maximum atomic E-state index is 14.7. The molecule has 1 unspecified atom stereocenters. The van der Waals surface area contributed by atoms with Crippen LogP contribution in [0.4, 0.5) is 4.79 Å². The number of cyclic esters (lactones) is 1. The number of ketones is 1. The van der Waals surface area contributed by atoms with Crippen LogP contribution in [-0.2, 0) is 41.5 Å². The van der Waals surface area contributed by atoms with Crippen LogP contribution in [-0.4, -0.2) is 121 Å². The lowest BCUT2D eigenvalue weighted by Crippen LogP contribution is -2.58. The van der Waals surface area contributed by atoms with Crippen LogP contribution in [0.5, 0.6) is 0 Å². The van der Waals surface area contributed by atoms with Crippen molar-refractivity contribution in [3.63, 3.8) is 0 Å². The van der Waals surface area contributed by atoms with E-state index in [0.717, 1.165) is 30.1 Å². The number of aliphatic hydroxyl groups excluding tert-OH is 1. The molecule has 3 saturated heterocycles. The van der Waals surface area contributed by atoms with Gasteiger partial charge in [-0.15, -0.1) is 11.3 Å². The molecule has 13 heteroatoms. The molecule has 1 aromatic heterocycles. The third kappa shape index (κ3) is 10.3. The van der Waals surface area contributed by atoms with Crippen molar-refractivity contribution in [1.82, 2.24) is 15.1 Å². The Labute approximate surface area is 367 Å². The molecule has 4 aliphatic rings. The van der Waals surface area contributed by atoms with Gasteiger partial charge in [-0.05, 0) is 90.7 Å². The van der Waals surface area contributed by atoms with Crippen molar-refractivity contribution < 1.29 is 38.4 Å². The Hall–Kier alpha value is -3.64. The number of likely N-dealkylation sites (N-methyl/N-ethyl adjacent to an activating group) is 1. The van der Waals surface area contributed by atoms with Gasteiger partial charge in [0.1, 0.15) is 18.1 Å². The zero-order valence-corrected chi connectivity index (χ0v) is 38.6. The standard InChI is InChI=1S/C48H68N4O8S/c1-11-38-48(8)42-31(4)39(50-24-25-52(42)46(56)60-48)29(2)27-47(7,22-15-18-35-19-20-36(61-35)28-49-23-21-34-16-13-12-14-17-34)43(32(5)40(53)33(6)44(55)58-38)59-45-41(54)37(51(9)10)26-30(3)57-45/h12-14,16-17,19-20,29-33,37-38,41-43,45,49,54H,11,21-28H2,1-10H3/t29-,30-,31+,32+,33-,37+,38-,41-,42-,43-,45?,47+,48-/m1/s1. The Morgan fingerprint density at radius 3 is 2.49 bits per heavy atom. The lowest BCUT2D eigenvalue weighted by molar-refractivity contribution is -0.286. The van der Waals surface area contributed by atoms with E-state index < -0.39 is 65.6 Å². The van der Waals surface area contributed by atoms with Gasteiger partial charge in [0.25, 0.3) is 0 Å². The number of benzene rings is 1. The number of thiophene rings is 1. The van der Waals surface area contributed by atoms with Gasteiger partial charge in [-0.2, -0.15) is 0 Å². The minimum Gasteiger partial charge on any atom is -0.458 e. The normalized spacial score (nSPS) is 36.0. The number of nitrogens with one attached hydrogen (secondary N) is 1. The molecule has 0 saturated carbocycles. The number of ether oxygens (including phenoxy) is 4. The van der Waals surface area contributed by atoms with Crippen LogP contribution in [0, 0.1) is 40.9 Å². The van der Waals surface area contributed by atoms with E-state index in [2.05, 4.69) is 68.3 Å². The Morgan fingerprint density at radius 2 is 1.79 bits per heavy atom. The molecule has 12 nitrogen and oxygen atoms in total.